The summed E-state index contributed by atoms with van der Waals surface area (Å²) in [5.41, 5.74) is 2.85. The van der Waals surface area contributed by atoms with Crippen molar-refractivity contribution in [3.05, 3.63) is 60.7 Å². The molecule has 1 aromatic carbocycles. The molecule has 192 valence electrons. The first-order chi connectivity index (χ1) is 17.7. The summed E-state index contributed by atoms with van der Waals surface area (Å²) in [4.78, 5) is 18.4. The molecule has 1 atom stereocenters. The van der Waals surface area contributed by atoms with Gasteiger partial charge in [0.05, 0.1) is 37.8 Å². The van der Waals surface area contributed by atoms with Crippen LogP contribution in [0.1, 0.15) is 37.8 Å². The van der Waals surface area contributed by atoms with Gasteiger partial charge in [-0.1, -0.05) is 19.4 Å². The number of aromatic nitrogens is 3. The molecule has 0 amide bonds. The number of anilines is 1. The van der Waals surface area contributed by atoms with Crippen LogP contribution in [0.15, 0.2) is 55.1 Å². The van der Waals surface area contributed by atoms with Gasteiger partial charge in [0.15, 0.2) is 11.5 Å². The Morgan fingerprint density at radius 3 is 2.64 bits per heavy atom. The average molecular weight is 491 g/mol. The smallest absolute Gasteiger partial charge is 0.161 e. The van der Waals surface area contributed by atoms with E-state index in [0.29, 0.717) is 12.4 Å². The Balaban J connectivity index is 1.38. The zero-order valence-corrected chi connectivity index (χ0v) is 21.7. The van der Waals surface area contributed by atoms with Crippen LogP contribution in [0, 0.1) is 0 Å². The molecule has 0 spiro atoms. The van der Waals surface area contributed by atoms with Gasteiger partial charge in [0.1, 0.15) is 5.82 Å². The first kappa shape index (κ1) is 25.9. The van der Waals surface area contributed by atoms with E-state index < -0.39 is 0 Å². The molecule has 3 heterocycles. The van der Waals surface area contributed by atoms with Crippen LogP contribution < -0.4 is 14.8 Å². The summed E-state index contributed by atoms with van der Waals surface area (Å²) < 4.78 is 11.7. The molecule has 1 N–H and O–H groups in total. The number of piperazine rings is 1. The van der Waals surface area contributed by atoms with Crippen molar-refractivity contribution < 1.29 is 9.47 Å². The Morgan fingerprint density at radius 1 is 1.03 bits per heavy atom. The molecule has 1 fully saturated rings. The zero-order chi connectivity index (χ0) is 25.2. The van der Waals surface area contributed by atoms with E-state index in [2.05, 4.69) is 45.1 Å². The molecular formula is C28H38N6O2. The molecular weight excluding hydrogens is 452 g/mol. The lowest BCUT2D eigenvalue weighted by Gasteiger charge is -2.32. The molecule has 2 aromatic heterocycles. The summed E-state index contributed by atoms with van der Waals surface area (Å²) in [6.07, 6.45) is 10.2. The van der Waals surface area contributed by atoms with E-state index in [0.717, 1.165) is 80.4 Å². The van der Waals surface area contributed by atoms with Crippen LogP contribution in [0.2, 0.25) is 0 Å². The van der Waals surface area contributed by atoms with Crippen molar-refractivity contribution in [2.24, 2.45) is 0 Å². The van der Waals surface area contributed by atoms with E-state index in [4.69, 9.17) is 14.5 Å². The number of rotatable bonds is 12. The molecule has 0 bridgehead atoms. The third kappa shape index (κ3) is 7.15. The van der Waals surface area contributed by atoms with E-state index >= 15 is 0 Å². The summed E-state index contributed by atoms with van der Waals surface area (Å²) >= 11 is 0. The quantitative estimate of drug-likeness (QED) is 0.372. The molecule has 0 saturated carbocycles. The van der Waals surface area contributed by atoms with Crippen molar-refractivity contribution in [2.45, 2.75) is 32.2 Å². The van der Waals surface area contributed by atoms with E-state index in [-0.39, 0.29) is 6.04 Å². The average Bonchev–Trinajstić information content (AvgIpc) is 2.92. The summed E-state index contributed by atoms with van der Waals surface area (Å²) in [6, 6.07) is 10.1. The molecule has 1 aliphatic heterocycles. The van der Waals surface area contributed by atoms with Gasteiger partial charge < -0.3 is 24.6 Å². The van der Waals surface area contributed by atoms with Gasteiger partial charge in [-0.3, -0.25) is 9.97 Å². The van der Waals surface area contributed by atoms with Gasteiger partial charge in [-0.05, 0) is 49.7 Å². The molecule has 1 saturated heterocycles. The fourth-order valence-electron chi connectivity index (χ4n) is 4.43. The van der Waals surface area contributed by atoms with Gasteiger partial charge in [-0.25, -0.2) is 4.98 Å². The number of pyridine rings is 1. The number of ether oxygens (including phenoxy) is 2. The van der Waals surface area contributed by atoms with E-state index in [1.54, 1.807) is 25.7 Å². The van der Waals surface area contributed by atoms with Gasteiger partial charge in [0.2, 0.25) is 0 Å². The molecule has 1 aliphatic rings. The molecule has 3 aromatic rings. The number of methoxy groups -OCH3 is 1. The lowest BCUT2D eigenvalue weighted by molar-refractivity contribution is 0.145. The highest BCUT2D eigenvalue weighted by atomic mass is 16.5. The lowest BCUT2D eigenvalue weighted by Crippen LogP contribution is -2.44. The second-order valence-corrected chi connectivity index (χ2v) is 9.27. The maximum Gasteiger partial charge on any atom is 0.161 e. The molecule has 36 heavy (non-hydrogen) atoms. The van der Waals surface area contributed by atoms with Crippen molar-refractivity contribution >= 4 is 5.82 Å². The minimum atomic E-state index is 0.129. The van der Waals surface area contributed by atoms with Gasteiger partial charge in [0.25, 0.3) is 0 Å². The highest BCUT2D eigenvalue weighted by Gasteiger charge is 2.15. The topological polar surface area (TPSA) is 75.6 Å². The highest BCUT2D eigenvalue weighted by Crippen LogP contribution is 2.32. The Kier molecular flexibility index (Phi) is 9.47. The van der Waals surface area contributed by atoms with Crippen molar-refractivity contribution in [2.75, 3.05) is 58.8 Å². The van der Waals surface area contributed by atoms with Crippen LogP contribution in [0.25, 0.3) is 11.3 Å². The first-order valence-corrected chi connectivity index (χ1v) is 12.9. The molecule has 8 heteroatoms. The fourth-order valence-corrected chi connectivity index (χ4v) is 4.43. The van der Waals surface area contributed by atoms with Crippen LogP contribution in [-0.4, -0.2) is 78.2 Å². The monoisotopic (exact) mass is 490 g/mol. The van der Waals surface area contributed by atoms with Gasteiger partial charge in [-0.2, -0.15) is 0 Å². The van der Waals surface area contributed by atoms with Crippen LogP contribution in [-0.2, 0) is 0 Å². The van der Waals surface area contributed by atoms with Crippen LogP contribution in [0.3, 0.4) is 0 Å². The van der Waals surface area contributed by atoms with Crippen LogP contribution in [0.4, 0.5) is 5.82 Å². The van der Waals surface area contributed by atoms with Crippen LogP contribution in [0.5, 0.6) is 11.5 Å². The van der Waals surface area contributed by atoms with E-state index in [1.807, 2.05) is 30.5 Å². The maximum absolute atomic E-state index is 6.07. The molecule has 4 rings (SSSR count). The number of hydrogen-bond donors (Lipinski definition) is 1. The lowest BCUT2D eigenvalue weighted by atomic mass is 10.0. The zero-order valence-electron chi connectivity index (χ0n) is 21.7. The molecule has 1 unspecified atom stereocenters. The second-order valence-electron chi connectivity index (χ2n) is 9.27. The predicted molar refractivity (Wildman–Crippen MR) is 144 cm³/mol. The number of nitrogens with zero attached hydrogens (tertiary/aromatic N) is 5. The SMILES string of the molecule is CCCC(Nc1cncc(-c2ccc(OCCCN3CCN(C)CC3)c(OC)c2)n1)c1cccnc1. The predicted octanol–water partition coefficient (Wildman–Crippen LogP) is 4.52. The summed E-state index contributed by atoms with van der Waals surface area (Å²) in [6.45, 7) is 8.43. The van der Waals surface area contributed by atoms with Gasteiger partial charge in [0, 0.05) is 50.7 Å². The number of hydrogen-bond acceptors (Lipinski definition) is 8. The minimum absolute atomic E-state index is 0.129. The number of benzene rings is 1. The summed E-state index contributed by atoms with van der Waals surface area (Å²) in [5, 5.41) is 3.53. The normalized spacial score (nSPS) is 15.4. The van der Waals surface area contributed by atoms with Crippen molar-refractivity contribution in [3.8, 4) is 22.8 Å². The Bertz CT molecular complexity index is 1070. The summed E-state index contributed by atoms with van der Waals surface area (Å²) in [5.74, 6) is 2.19. The number of nitrogens with one attached hydrogen (secondary N) is 1. The second kappa shape index (κ2) is 13.2. The van der Waals surface area contributed by atoms with Gasteiger partial charge in [-0.15, -0.1) is 0 Å². The van der Waals surface area contributed by atoms with Crippen molar-refractivity contribution in [1.82, 2.24) is 24.8 Å². The number of likely N-dealkylation sites (N-methyl/N-ethyl adjacent to an activating group) is 1. The minimum Gasteiger partial charge on any atom is -0.493 e. The molecule has 8 nitrogen and oxygen atoms in total. The van der Waals surface area contributed by atoms with Crippen molar-refractivity contribution in [1.29, 1.82) is 0 Å². The molecule has 0 radical (unpaired) electrons. The Labute approximate surface area is 214 Å². The largest absolute Gasteiger partial charge is 0.493 e. The highest BCUT2D eigenvalue weighted by molar-refractivity contribution is 5.64. The van der Waals surface area contributed by atoms with E-state index in [1.165, 1.54) is 0 Å². The Morgan fingerprint density at radius 2 is 1.89 bits per heavy atom. The maximum atomic E-state index is 6.07. The standard InChI is InChI=1S/C28H38N6O2/c1-4-7-24(23-8-5-11-29-19-23)31-28-21-30-20-25(32-28)22-9-10-26(27(18-22)35-3)36-17-6-12-34-15-13-33(2)14-16-34/h5,8-11,18-21,24H,4,6-7,12-17H2,1-3H3,(H,31,32). The third-order valence-electron chi connectivity index (χ3n) is 6.55. The summed E-state index contributed by atoms with van der Waals surface area (Å²) in [7, 11) is 3.85. The van der Waals surface area contributed by atoms with E-state index in [9.17, 15) is 0 Å². The fraction of sp³-hybridized carbons (Fsp3) is 0.464. The van der Waals surface area contributed by atoms with Crippen molar-refractivity contribution in [3.63, 3.8) is 0 Å². The molecule has 0 aliphatic carbocycles. The van der Waals surface area contributed by atoms with Crippen LogP contribution >= 0.6 is 0 Å². The van der Waals surface area contributed by atoms with Gasteiger partial charge >= 0.3 is 0 Å². The first-order valence-electron chi connectivity index (χ1n) is 12.9. The third-order valence-corrected chi connectivity index (χ3v) is 6.55. The Hall–Kier alpha value is -3.23.